The summed E-state index contributed by atoms with van der Waals surface area (Å²) in [6.45, 7) is 0. The van der Waals surface area contributed by atoms with Crippen molar-refractivity contribution in [2.45, 2.75) is 76.3 Å². The van der Waals surface area contributed by atoms with E-state index in [1.165, 1.54) is 64.2 Å². The third-order valence-corrected chi connectivity index (χ3v) is 5.19. The van der Waals surface area contributed by atoms with E-state index in [1.54, 1.807) is 0 Å². The molecule has 1 heteroatoms. The summed E-state index contributed by atoms with van der Waals surface area (Å²) in [5.41, 5.74) is 0.798. The largest absolute Gasteiger partial charge is 0.311 e. The van der Waals surface area contributed by atoms with Gasteiger partial charge in [-0.1, -0.05) is 25.0 Å². The summed E-state index contributed by atoms with van der Waals surface area (Å²) < 4.78 is 0. The molecule has 0 radical (unpaired) electrons. The van der Waals surface area contributed by atoms with Crippen LogP contribution in [0.5, 0.6) is 0 Å². The van der Waals surface area contributed by atoms with Gasteiger partial charge in [-0.05, 0) is 56.8 Å². The van der Waals surface area contributed by atoms with Crippen molar-refractivity contribution in [3.8, 4) is 0 Å². The summed E-state index contributed by atoms with van der Waals surface area (Å²) in [5.74, 6) is 0. The van der Waals surface area contributed by atoms with Crippen molar-refractivity contribution in [3.63, 3.8) is 0 Å². The lowest BCUT2D eigenvalue weighted by atomic mass is 9.71. The summed E-state index contributed by atoms with van der Waals surface area (Å²) in [4.78, 5) is 0. The van der Waals surface area contributed by atoms with E-state index < -0.39 is 0 Å². The van der Waals surface area contributed by atoms with Gasteiger partial charge in [0, 0.05) is 12.1 Å². The Labute approximate surface area is 99.7 Å². The molecule has 0 heterocycles. The summed E-state index contributed by atoms with van der Waals surface area (Å²) in [7, 11) is 0. The highest BCUT2D eigenvalue weighted by Crippen LogP contribution is 2.48. The Morgan fingerprint density at radius 1 is 0.812 bits per heavy atom. The maximum absolute atomic E-state index is 3.86. The fourth-order valence-corrected chi connectivity index (χ4v) is 4.11. The maximum atomic E-state index is 3.86. The topological polar surface area (TPSA) is 12.0 Å². The predicted octanol–water partition coefficient (Wildman–Crippen LogP) is 3.80. The first kappa shape index (κ1) is 10.8. The fraction of sp³-hybridized carbons (Fsp3) is 0.867. The Kier molecular flexibility index (Phi) is 3.06. The Bertz CT molecular complexity index is 245. The van der Waals surface area contributed by atoms with Crippen molar-refractivity contribution in [1.29, 1.82) is 0 Å². The van der Waals surface area contributed by atoms with Crippen LogP contribution in [-0.4, -0.2) is 12.1 Å². The second-order valence-corrected chi connectivity index (χ2v) is 6.29. The molecule has 3 aliphatic rings. The lowest BCUT2D eigenvalue weighted by molar-refractivity contribution is 0.163. The van der Waals surface area contributed by atoms with Gasteiger partial charge in [-0.3, -0.25) is 0 Å². The van der Waals surface area contributed by atoms with Crippen molar-refractivity contribution < 1.29 is 0 Å². The molecular formula is C15H25N. The highest BCUT2D eigenvalue weighted by Gasteiger charge is 2.37. The van der Waals surface area contributed by atoms with Crippen LogP contribution in [-0.2, 0) is 0 Å². The molecule has 1 nitrogen and oxygen atoms in total. The van der Waals surface area contributed by atoms with E-state index >= 15 is 0 Å². The molecule has 0 bridgehead atoms. The first-order chi connectivity index (χ1) is 7.86. The first-order valence-electron chi connectivity index (χ1n) is 7.27. The van der Waals surface area contributed by atoms with Crippen LogP contribution in [0.2, 0.25) is 0 Å². The van der Waals surface area contributed by atoms with Crippen LogP contribution in [0.15, 0.2) is 12.2 Å². The van der Waals surface area contributed by atoms with E-state index in [4.69, 9.17) is 0 Å². The third kappa shape index (κ3) is 2.20. The first-order valence-corrected chi connectivity index (χ1v) is 7.27. The van der Waals surface area contributed by atoms with Crippen LogP contribution in [0.4, 0.5) is 0 Å². The zero-order valence-corrected chi connectivity index (χ0v) is 10.4. The molecule has 2 saturated carbocycles. The Morgan fingerprint density at radius 3 is 2.06 bits per heavy atom. The highest BCUT2D eigenvalue weighted by molar-refractivity contribution is 4.99. The molecule has 2 fully saturated rings. The van der Waals surface area contributed by atoms with Crippen LogP contribution >= 0.6 is 0 Å². The second-order valence-electron chi connectivity index (χ2n) is 6.29. The summed E-state index contributed by atoms with van der Waals surface area (Å²) in [5, 5.41) is 3.86. The van der Waals surface area contributed by atoms with Crippen molar-refractivity contribution in [1.82, 2.24) is 5.32 Å². The quantitative estimate of drug-likeness (QED) is 0.697. The standard InChI is InChI=1S/C15H25N/c1-2-6-13(5-1)16-14-7-11-15(12-8-14)9-3-4-10-15/h1-2,13-14,16H,3-12H2. The van der Waals surface area contributed by atoms with Crippen molar-refractivity contribution in [2.24, 2.45) is 5.41 Å². The zero-order valence-electron chi connectivity index (χ0n) is 10.4. The van der Waals surface area contributed by atoms with Crippen LogP contribution in [0, 0.1) is 5.41 Å². The van der Waals surface area contributed by atoms with Gasteiger partial charge < -0.3 is 5.32 Å². The minimum atomic E-state index is 0.766. The van der Waals surface area contributed by atoms with Gasteiger partial charge in [-0.25, -0.2) is 0 Å². The zero-order chi connectivity index (χ0) is 10.8. The average molecular weight is 219 g/mol. The van der Waals surface area contributed by atoms with E-state index in [2.05, 4.69) is 17.5 Å². The van der Waals surface area contributed by atoms with Gasteiger partial charge in [0.2, 0.25) is 0 Å². The maximum Gasteiger partial charge on any atom is 0.0139 e. The molecule has 0 atom stereocenters. The number of rotatable bonds is 2. The third-order valence-electron chi connectivity index (χ3n) is 5.19. The van der Waals surface area contributed by atoms with Gasteiger partial charge in [-0.2, -0.15) is 0 Å². The molecule has 0 aromatic carbocycles. The SMILES string of the molecule is C1=CCC(NC2CCC3(CCCC3)CC2)C1. The van der Waals surface area contributed by atoms with E-state index in [1.807, 2.05) is 0 Å². The van der Waals surface area contributed by atoms with E-state index in [-0.39, 0.29) is 0 Å². The molecule has 90 valence electrons. The van der Waals surface area contributed by atoms with Gasteiger partial charge in [0.05, 0.1) is 0 Å². The molecule has 0 aromatic heterocycles. The molecule has 0 amide bonds. The van der Waals surface area contributed by atoms with Crippen LogP contribution in [0.3, 0.4) is 0 Å². The normalized spacial score (nSPS) is 30.5. The van der Waals surface area contributed by atoms with Crippen LogP contribution in [0.25, 0.3) is 0 Å². The van der Waals surface area contributed by atoms with E-state index in [9.17, 15) is 0 Å². The highest BCUT2D eigenvalue weighted by atomic mass is 15.0. The molecule has 3 aliphatic carbocycles. The van der Waals surface area contributed by atoms with Gasteiger partial charge in [-0.15, -0.1) is 0 Å². The lowest BCUT2D eigenvalue weighted by Crippen LogP contribution is -2.41. The second kappa shape index (κ2) is 4.52. The number of nitrogens with one attached hydrogen (secondary N) is 1. The minimum absolute atomic E-state index is 0.766. The predicted molar refractivity (Wildman–Crippen MR) is 68.5 cm³/mol. The molecule has 0 aromatic rings. The lowest BCUT2D eigenvalue weighted by Gasteiger charge is -2.38. The monoisotopic (exact) mass is 219 g/mol. The van der Waals surface area contributed by atoms with Crippen molar-refractivity contribution in [3.05, 3.63) is 12.2 Å². The van der Waals surface area contributed by atoms with Gasteiger partial charge in [0.25, 0.3) is 0 Å². The Balaban J connectivity index is 1.46. The summed E-state index contributed by atoms with van der Waals surface area (Å²) in [6, 6.07) is 1.60. The Hall–Kier alpha value is -0.300. The van der Waals surface area contributed by atoms with Crippen LogP contribution in [0.1, 0.15) is 64.2 Å². The van der Waals surface area contributed by atoms with E-state index in [0.717, 1.165) is 17.5 Å². The molecule has 0 aliphatic heterocycles. The minimum Gasteiger partial charge on any atom is -0.311 e. The number of hydrogen-bond donors (Lipinski definition) is 1. The molecule has 3 rings (SSSR count). The Morgan fingerprint density at radius 2 is 1.44 bits per heavy atom. The van der Waals surface area contributed by atoms with Gasteiger partial charge in [0.15, 0.2) is 0 Å². The molecule has 0 unspecified atom stereocenters. The summed E-state index contributed by atoms with van der Waals surface area (Å²) >= 11 is 0. The van der Waals surface area contributed by atoms with Crippen molar-refractivity contribution in [2.75, 3.05) is 0 Å². The van der Waals surface area contributed by atoms with Crippen molar-refractivity contribution >= 4 is 0 Å². The van der Waals surface area contributed by atoms with Gasteiger partial charge in [0.1, 0.15) is 0 Å². The molecular weight excluding hydrogens is 194 g/mol. The molecule has 1 N–H and O–H groups in total. The van der Waals surface area contributed by atoms with Crippen LogP contribution < -0.4 is 5.32 Å². The molecule has 16 heavy (non-hydrogen) atoms. The molecule has 0 saturated heterocycles. The average Bonchev–Trinajstić information content (AvgIpc) is 2.94. The summed E-state index contributed by atoms with van der Waals surface area (Å²) in [6.07, 6.45) is 19.2. The van der Waals surface area contributed by atoms with Gasteiger partial charge >= 0.3 is 0 Å². The molecule has 1 spiro atoms. The van der Waals surface area contributed by atoms with E-state index in [0.29, 0.717) is 0 Å². The fourth-order valence-electron chi connectivity index (χ4n) is 4.11. The number of hydrogen-bond acceptors (Lipinski definition) is 1. The smallest absolute Gasteiger partial charge is 0.0139 e.